The van der Waals surface area contributed by atoms with Crippen molar-refractivity contribution in [2.75, 3.05) is 0 Å². The second-order valence-electron chi connectivity index (χ2n) is 4.83. The molecular formula is C13H14N2O3. The molecule has 0 radical (unpaired) electrons. The largest absolute Gasteiger partial charge is 0.481 e. The molecule has 94 valence electrons. The summed E-state index contributed by atoms with van der Waals surface area (Å²) < 4.78 is 5.45. The van der Waals surface area contributed by atoms with Gasteiger partial charge in [0.05, 0.1) is 5.92 Å². The maximum absolute atomic E-state index is 10.8. The minimum Gasteiger partial charge on any atom is -0.481 e. The van der Waals surface area contributed by atoms with E-state index in [2.05, 4.69) is 4.98 Å². The average molecular weight is 246 g/mol. The quantitative estimate of drug-likeness (QED) is 0.862. The Balaban J connectivity index is 1.88. The monoisotopic (exact) mass is 246 g/mol. The summed E-state index contributed by atoms with van der Waals surface area (Å²) in [4.78, 5) is 15.1. The summed E-state index contributed by atoms with van der Waals surface area (Å²) in [5.74, 6) is -0.409. The Hall–Kier alpha value is -1.88. The number of nitrogens with zero attached hydrogens (tertiary/aromatic N) is 1. The average Bonchev–Trinajstić information content (AvgIpc) is 3.03. The summed E-state index contributed by atoms with van der Waals surface area (Å²) >= 11 is 0. The van der Waals surface area contributed by atoms with E-state index in [1.807, 2.05) is 18.2 Å². The summed E-state index contributed by atoms with van der Waals surface area (Å²) in [5.41, 5.74) is 8.51. The molecule has 2 aromatic rings. The lowest BCUT2D eigenvalue weighted by Crippen LogP contribution is -2.15. The van der Waals surface area contributed by atoms with E-state index in [1.165, 1.54) is 0 Å². The lowest BCUT2D eigenvalue weighted by Gasteiger charge is -2.10. The van der Waals surface area contributed by atoms with Crippen LogP contribution in [-0.2, 0) is 4.79 Å². The molecule has 5 nitrogen and oxygen atoms in total. The van der Waals surface area contributed by atoms with E-state index in [0.29, 0.717) is 17.9 Å². The van der Waals surface area contributed by atoms with Gasteiger partial charge >= 0.3 is 5.97 Å². The lowest BCUT2D eigenvalue weighted by molar-refractivity contribution is -0.138. The van der Waals surface area contributed by atoms with Crippen molar-refractivity contribution in [1.82, 2.24) is 4.98 Å². The van der Waals surface area contributed by atoms with Gasteiger partial charge in [0.1, 0.15) is 5.52 Å². The Labute approximate surface area is 104 Å². The number of aliphatic carboxylic acids is 1. The molecule has 3 unspecified atom stereocenters. The molecule has 1 aromatic heterocycles. The highest BCUT2D eigenvalue weighted by molar-refractivity contribution is 5.75. The second-order valence-corrected chi connectivity index (χ2v) is 4.83. The summed E-state index contributed by atoms with van der Waals surface area (Å²) in [7, 11) is 0. The SMILES string of the molecule is Cc1nc2ccc(C(N)C3CC3C(=O)O)cc2o1. The van der Waals surface area contributed by atoms with Crippen molar-refractivity contribution >= 4 is 17.1 Å². The van der Waals surface area contributed by atoms with Crippen molar-refractivity contribution in [2.45, 2.75) is 19.4 Å². The van der Waals surface area contributed by atoms with Crippen LogP contribution >= 0.6 is 0 Å². The van der Waals surface area contributed by atoms with Gasteiger partial charge in [-0.25, -0.2) is 4.98 Å². The van der Waals surface area contributed by atoms with Crippen molar-refractivity contribution in [1.29, 1.82) is 0 Å². The molecule has 3 N–H and O–H groups in total. The van der Waals surface area contributed by atoms with E-state index in [0.717, 1.165) is 11.1 Å². The van der Waals surface area contributed by atoms with Gasteiger partial charge in [0, 0.05) is 13.0 Å². The molecule has 1 heterocycles. The van der Waals surface area contributed by atoms with Crippen molar-refractivity contribution in [3.8, 4) is 0 Å². The fourth-order valence-electron chi connectivity index (χ4n) is 2.41. The second kappa shape index (κ2) is 3.81. The van der Waals surface area contributed by atoms with E-state index < -0.39 is 5.97 Å². The molecule has 0 bridgehead atoms. The third-order valence-electron chi connectivity index (χ3n) is 3.52. The van der Waals surface area contributed by atoms with Crippen LogP contribution in [-0.4, -0.2) is 16.1 Å². The number of hydrogen-bond donors (Lipinski definition) is 2. The van der Waals surface area contributed by atoms with E-state index in [1.54, 1.807) is 6.92 Å². The number of rotatable bonds is 3. The molecule has 18 heavy (non-hydrogen) atoms. The van der Waals surface area contributed by atoms with E-state index in [4.69, 9.17) is 15.3 Å². The molecule has 0 amide bonds. The van der Waals surface area contributed by atoms with Crippen molar-refractivity contribution in [3.63, 3.8) is 0 Å². The molecular weight excluding hydrogens is 232 g/mol. The van der Waals surface area contributed by atoms with Crippen LogP contribution in [0.1, 0.15) is 23.9 Å². The number of aromatic nitrogens is 1. The minimum absolute atomic E-state index is 0.0315. The summed E-state index contributed by atoms with van der Waals surface area (Å²) in [6.07, 6.45) is 0.657. The maximum atomic E-state index is 10.8. The first-order chi connectivity index (χ1) is 8.56. The van der Waals surface area contributed by atoms with Crippen molar-refractivity contribution < 1.29 is 14.3 Å². The molecule has 5 heteroatoms. The minimum atomic E-state index is -0.757. The summed E-state index contributed by atoms with van der Waals surface area (Å²) in [5, 5.41) is 8.91. The van der Waals surface area contributed by atoms with Gasteiger partial charge in [-0.05, 0) is 30.0 Å². The smallest absolute Gasteiger partial charge is 0.306 e. The summed E-state index contributed by atoms with van der Waals surface area (Å²) in [6.45, 7) is 1.79. The molecule has 3 rings (SSSR count). The Morgan fingerprint density at radius 2 is 2.39 bits per heavy atom. The van der Waals surface area contributed by atoms with Crippen LogP contribution in [0.5, 0.6) is 0 Å². The van der Waals surface area contributed by atoms with Gasteiger partial charge in [-0.15, -0.1) is 0 Å². The topological polar surface area (TPSA) is 89.3 Å². The Morgan fingerprint density at radius 1 is 1.61 bits per heavy atom. The van der Waals surface area contributed by atoms with Gasteiger partial charge < -0.3 is 15.3 Å². The molecule has 0 spiro atoms. The van der Waals surface area contributed by atoms with Crippen LogP contribution in [0.4, 0.5) is 0 Å². The predicted molar refractivity (Wildman–Crippen MR) is 64.9 cm³/mol. The van der Waals surface area contributed by atoms with Crippen LogP contribution < -0.4 is 5.73 Å². The Bertz CT molecular complexity index is 620. The Morgan fingerprint density at radius 3 is 3.06 bits per heavy atom. The number of nitrogens with two attached hydrogens (primary N) is 1. The number of benzene rings is 1. The molecule has 1 fully saturated rings. The molecule has 1 saturated carbocycles. The number of fused-ring (bicyclic) bond motifs is 1. The van der Waals surface area contributed by atoms with Crippen LogP contribution in [0.3, 0.4) is 0 Å². The van der Waals surface area contributed by atoms with Crippen LogP contribution in [0.25, 0.3) is 11.1 Å². The highest BCUT2D eigenvalue weighted by Gasteiger charge is 2.47. The fourth-order valence-corrected chi connectivity index (χ4v) is 2.41. The number of carbonyl (C=O) groups is 1. The van der Waals surface area contributed by atoms with Gasteiger partial charge in [0.2, 0.25) is 0 Å². The zero-order chi connectivity index (χ0) is 12.9. The number of aryl methyl sites for hydroxylation is 1. The Kier molecular flexibility index (Phi) is 2.38. The number of carboxylic acid groups (broad SMARTS) is 1. The fraction of sp³-hybridized carbons (Fsp3) is 0.385. The third-order valence-corrected chi connectivity index (χ3v) is 3.52. The number of carboxylic acids is 1. The standard InChI is InChI=1S/C13H14N2O3/c1-6-15-10-3-2-7(4-11(10)18-6)12(14)8-5-9(8)13(16)17/h2-4,8-9,12H,5,14H2,1H3,(H,16,17). The van der Waals surface area contributed by atoms with E-state index >= 15 is 0 Å². The highest BCUT2D eigenvalue weighted by atomic mass is 16.4. The molecule has 1 aliphatic carbocycles. The van der Waals surface area contributed by atoms with Crippen LogP contribution in [0.15, 0.2) is 22.6 Å². The van der Waals surface area contributed by atoms with Crippen LogP contribution in [0.2, 0.25) is 0 Å². The maximum Gasteiger partial charge on any atom is 0.306 e. The summed E-state index contributed by atoms with van der Waals surface area (Å²) in [6, 6.07) is 5.36. The molecule has 1 aromatic carbocycles. The first-order valence-corrected chi connectivity index (χ1v) is 5.92. The first-order valence-electron chi connectivity index (χ1n) is 5.92. The van der Waals surface area contributed by atoms with Gasteiger partial charge in [-0.1, -0.05) is 6.07 Å². The molecule has 0 saturated heterocycles. The van der Waals surface area contributed by atoms with Gasteiger partial charge in [0.15, 0.2) is 11.5 Å². The number of hydrogen-bond acceptors (Lipinski definition) is 4. The number of oxazole rings is 1. The molecule has 1 aliphatic rings. The highest BCUT2D eigenvalue weighted by Crippen LogP contribution is 2.46. The van der Waals surface area contributed by atoms with Gasteiger partial charge in [-0.2, -0.15) is 0 Å². The van der Waals surface area contributed by atoms with Crippen LogP contribution in [0, 0.1) is 18.8 Å². The molecule has 3 atom stereocenters. The first kappa shape index (κ1) is 11.2. The van der Waals surface area contributed by atoms with Gasteiger partial charge in [0.25, 0.3) is 0 Å². The third kappa shape index (κ3) is 1.76. The van der Waals surface area contributed by atoms with E-state index in [9.17, 15) is 4.79 Å². The van der Waals surface area contributed by atoms with Crippen molar-refractivity contribution in [3.05, 3.63) is 29.7 Å². The zero-order valence-corrected chi connectivity index (χ0v) is 9.96. The zero-order valence-electron chi connectivity index (χ0n) is 9.96. The van der Waals surface area contributed by atoms with Gasteiger partial charge in [-0.3, -0.25) is 4.79 Å². The van der Waals surface area contributed by atoms with Crippen molar-refractivity contribution in [2.24, 2.45) is 17.6 Å². The normalized spacial score (nSPS) is 24.1. The predicted octanol–water partition coefficient (Wildman–Crippen LogP) is 1.86. The van der Waals surface area contributed by atoms with E-state index in [-0.39, 0.29) is 17.9 Å². The lowest BCUT2D eigenvalue weighted by atomic mass is 10.0. The molecule has 0 aliphatic heterocycles.